The second kappa shape index (κ2) is 5.56. The molecule has 1 saturated carbocycles. The maximum atomic E-state index is 5.73. The fraction of sp³-hybridized carbons (Fsp3) is 0.733. The number of likely N-dealkylation sites (N-methyl/N-ethyl adjacent to an activating group) is 1. The summed E-state index contributed by atoms with van der Waals surface area (Å²) in [5, 5.41) is 3.20. The molecule has 1 aromatic rings. The summed E-state index contributed by atoms with van der Waals surface area (Å²) >= 11 is 0. The molecule has 2 fully saturated rings. The summed E-state index contributed by atoms with van der Waals surface area (Å²) in [4.78, 5) is 11.7. The largest absolute Gasteiger partial charge is 0.376 e. The van der Waals surface area contributed by atoms with Crippen molar-refractivity contribution in [3.05, 3.63) is 11.4 Å². The Kier molecular flexibility index (Phi) is 3.78. The van der Waals surface area contributed by atoms with E-state index in [1.807, 2.05) is 7.05 Å². The van der Waals surface area contributed by atoms with E-state index in [-0.39, 0.29) is 0 Å². The van der Waals surface area contributed by atoms with Crippen molar-refractivity contribution in [3.8, 4) is 0 Å². The Morgan fingerprint density at radius 3 is 2.70 bits per heavy atom. The molecule has 1 atom stereocenters. The number of nitrogens with zero attached hydrogens (tertiary/aromatic N) is 3. The molecule has 1 N–H and O–H groups in total. The van der Waals surface area contributed by atoms with Crippen LogP contribution in [0.2, 0.25) is 0 Å². The highest BCUT2D eigenvalue weighted by atomic mass is 16.5. The van der Waals surface area contributed by atoms with Gasteiger partial charge in [0.1, 0.15) is 17.5 Å². The number of nitrogens with one attached hydrogen (secondary N) is 1. The molecular weight excluding hydrogens is 252 g/mol. The van der Waals surface area contributed by atoms with Gasteiger partial charge in [0.15, 0.2) is 0 Å². The molecule has 1 aliphatic carbocycles. The van der Waals surface area contributed by atoms with Gasteiger partial charge in [0, 0.05) is 38.7 Å². The van der Waals surface area contributed by atoms with Gasteiger partial charge in [0.05, 0.1) is 6.10 Å². The Bertz CT molecular complexity index is 481. The van der Waals surface area contributed by atoms with Crippen LogP contribution in [-0.4, -0.2) is 43.3 Å². The van der Waals surface area contributed by atoms with E-state index in [1.165, 1.54) is 19.3 Å². The predicted octanol–water partition coefficient (Wildman–Crippen LogP) is 2.32. The molecule has 2 heterocycles. The summed E-state index contributed by atoms with van der Waals surface area (Å²) in [6.45, 7) is 3.89. The molecule has 20 heavy (non-hydrogen) atoms. The Balaban J connectivity index is 1.83. The third kappa shape index (κ3) is 2.73. The summed E-state index contributed by atoms with van der Waals surface area (Å²) in [5.41, 5.74) is 1.12. The highest BCUT2D eigenvalue weighted by Gasteiger charge is 2.29. The fourth-order valence-electron chi connectivity index (χ4n) is 2.84. The van der Waals surface area contributed by atoms with Crippen molar-refractivity contribution in [3.63, 3.8) is 0 Å². The smallest absolute Gasteiger partial charge is 0.137 e. The van der Waals surface area contributed by atoms with E-state index in [9.17, 15) is 0 Å². The number of hydrogen-bond donors (Lipinski definition) is 1. The van der Waals surface area contributed by atoms with Gasteiger partial charge in [-0.15, -0.1) is 0 Å². The van der Waals surface area contributed by atoms with E-state index in [1.54, 1.807) is 0 Å². The van der Waals surface area contributed by atoms with Crippen LogP contribution in [0.15, 0.2) is 0 Å². The third-order valence-electron chi connectivity index (χ3n) is 4.18. The predicted molar refractivity (Wildman–Crippen MR) is 80.5 cm³/mol. The van der Waals surface area contributed by atoms with Crippen LogP contribution in [0.25, 0.3) is 0 Å². The molecule has 1 saturated heterocycles. The molecule has 2 aliphatic rings. The van der Waals surface area contributed by atoms with Gasteiger partial charge in [-0.25, -0.2) is 9.97 Å². The zero-order valence-corrected chi connectivity index (χ0v) is 12.6. The van der Waals surface area contributed by atoms with E-state index < -0.39 is 0 Å². The minimum atomic E-state index is 0.344. The second-order valence-electron chi connectivity index (χ2n) is 5.92. The Labute approximate surface area is 120 Å². The molecule has 110 valence electrons. The van der Waals surface area contributed by atoms with Gasteiger partial charge in [0.2, 0.25) is 0 Å². The van der Waals surface area contributed by atoms with Gasteiger partial charge in [-0.1, -0.05) is 0 Å². The fourth-order valence-corrected chi connectivity index (χ4v) is 2.84. The molecule has 1 aliphatic heterocycles. The van der Waals surface area contributed by atoms with E-state index in [2.05, 4.69) is 29.2 Å². The molecular formula is C15H24N4O. The van der Waals surface area contributed by atoms with Crippen molar-refractivity contribution in [2.75, 3.05) is 37.5 Å². The lowest BCUT2D eigenvalue weighted by molar-refractivity contribution is 0.116. The SMILES string of the molecule is CNc1nc(C2CC2)nc(N(C)CC2CCCO2)c1C. The summed E-state index contributed by atoms with van der Waals surface area (Å²) in [6, 6.07) is 0. The van der Waals surface area contributed by atoms with Crippen molar-refractivity contribution < 1.29 is 4.74 Å². The summed E-state index contributed by atoms with van der Waals surface area (Å²) in [7, 11) is 4.03. The van der Waals surface area contributed by atoms with Gasteiger partial charge < -0.3 is 15.0 Å². The molecule has 0 amide bonds. The Morgan fingerprint density at radius 2 is 2.10 bits per heavy atom. The number of hydrogen-bond acceptors (Lipinski definition) is 5. The second-order valence-corrected chi connectivity index (χ2v) is 5.92. The first kappa shape index (κ1) is 13.6. The number of ether oxygens (including phenoxy) is 1. The van der Waals surface area contributed by atoms with E-state index in [0.717, 1.165) is 42.6 Å². The molecule has 5 nitrogen and oxygen atoms in total. The van der Waals surface area contributed by atoms with Gasteiger partial charge in [-0.2, -0.15) is 0 Å². The van der Waals surface area contributed by atoms with Crippen LogP contribution in [-0.2, 0) is 4.74 Å². The zero-order valence-electron chi connectivity index (χ0n) is 12.6. The molecule has 1 unspecified atom stereocenters. The van der Waals surface area contributed by atoms with Crippen molar-refractivity contribution >= 4 is 11.6 Å². The maximum Gasteiger partial charge on any atom is 0.137 e. The van der Waals surface area contributed by atoms with Crippen molar-refractivity contribution in [1.29, 1.82) is 0 Å². The van der Waals surface area contributed by atoms with E-state index in [4.69, 9.17) is 9.72 Å². The number of aromatic nitrogens is 2. The van der Waals surface area contributed by atoms with Crippen LogP contribution in [0, 0.1) is 6.92 Å². The summed E-state index contributed by atoms with van der Waals surface area (Å²) in [5.74, 6) is 3.56. The first-order valence-corrected chi connectivity index (χ1v) is 7.58. The summed E-state index contributed by atoms with van der Waals surface area (Å²) in [6.07, 6.45) is 5.12. The Hall–Kier alpha value is -1.36. The van der Waals surface area contributed by atoms with Crippen LogP contribution in [0.5, 0.6) is 0 Å². The normalized spacial score (nSPS) is 22.1. The highest BCUT2D eigenvalue weighted by Crippen LogP contribution is 2.40. The van der Waals surface area contributed by atoms with Crippen LogP contribution < -0.4 is 10.2 Å². The average molecular weight is 276 g/mol. The van der Waals surface area contributed by atoms with Gasteiger partial charge in [-0.3, -0.25) is 0 Å². The lowest BCUT2D eigenvalue weighted by atomic mass is 10.2. The number of anilines is 2. The van der Waals surface area contributed by atoms with E-state index >= 15 is 0 Å². The third-order valence-corrected chi connectivity index (χ3v) is 4.18. The lowest BCUT2D eigenvalue weighted by Gasteiger charge is -2.24. The summed E-state index contributed by atoms with van der Waals surface area (Å²) < 4.78 is 5.73. The number of rotatable bonds is 5. The van der Waals surface area contributed by atoms with Crippen molar-refractivity contribution in [2.45, 2.75) is 44.6 Å². The quantitative estimate of drug-likeness (QED) is 0.894. The zero-order chi connectivity index (χ0) is 14.1. The van der Waals surface area contributed by atoms with Crippen LogP contribution in [0.1, 0.15) is 43.0 Å². The van der Waals surface area contributed by atoms with E-state index in [0.29, 0.717) is 12.0 Å². The standard InChI is InChI=1S/C15H24N4O/c1-10-13(16-2)17-14(11-6-7-11)18-15(10)19(3)9-12-5-4-8-20-12/h11-12H,4-9H2,1-3H3,(H,16,17,18). The molecule has 0 radical (unpaired) electrons. The van der Waals surface area contributed by atoms with Crippen LogP contribution in [0.4, 0.5) is 11.6 Å². The molecule has 5 heteroatoms. The molecule has 0 spiro atoms. The van der Waals surface area contributed by atoms with Crippen molar-refractivity contribution in [1.82, 2.24) is 9.97 Å². The highest BCUT2D eigenvalue weighted by molar-refractivity contribution is 5.58. The first-order valence-electron chi connectivity index (χ1n) is 7.58. The molecule has 3 rings (SSSR count). The molecule has 0 aromatic carbocycles. The first-order chi connectivity index (χ1) is 9.69. The van der Waals surface area contributed by atoms with Crippen LogP contribution in [0.3, 0.4) is 0 Å². The topological polar surface area (TPSA) is 50.3 Å². The molecule has 1 aromatic heterocycles. The minimum Gasteiger partial charge on any atom is -0.376 e. The Morgan fingerprint density at radius 1 is 1.30 bits per heavy atom. The van der Waals surface area contributed by atoms with Gasteiger partial charge in [0.25, 0.3) is 0 Å². The molecule has 0 bridgehead atoms. The monoisotopic (exact) mass is 276 g/mol. The van der Waals surface area contributed by atoms with Crippen LogP contribution >= 0.6 is 0 Å². The van der Waals surface area contributed by atoms with Crippen molar-refractivity contribution in [2.24, 2.45) is 0 Å². The van der Waals surface area contributed by atoms with Gasteiger partial charge in [-0.05, 0) is 32.6 Å². The average Bonchev–Trinajstić information content (AvgIpc) is 3.17. The lowest BCUT2D eigenvalue weighted by Crippen LogP contribution is -2.30. The maximum absolute atomic E-state index is 5.73. The minimum absolute atomic E-state index is 0.344. The van der Waals surface area contributed by atoms with Gasteiger partial charge >= 0.3 is 0 Å².